The maximum Gasteiger partial charge on any atom is 0.256 e. The number of nitrogens with zero attached hydrogens (tertiary/aromatic N) is 1. The highest BCUT2D eigenvalue weighted by Crippen LogP contribution is 2.19. The van der Waals surface area contributed by atoms with Gasteiger partial charge in [-0.05, 0) is 26.8 Å². The van der Waals surface area contributed by atoms with Gasteiger partial charge in [0, 0.05) is 24.8 Å². The lowest BCUT2D eigenvalue weighted by Gasteiger charge is -2.28. The number of nitrogens with two attached hydrogens (primary N) is 1. The van der Waals surface area contributed by atoms with E-state index in [9.17, 15) is 18.7 Å². The molecule has 0 aromatic heterocycles. The number of hydrogen-bond acceptors (Lipinski definition) is 3. The van der Waals surface area contributed by atoms with Gasteiger partial charge in [-0.1, -0.05) is 0 Å². The molecular formula is C13H18F2N2O2. The number of hydrogen-bond donors (Lipinski definition) is 2. The quantitative estimate of drug-likeness (QED) is 0.821. The van der Waals surface area contributed by atoms with E-state index in [4.69, 9.17) is 5.73 Å². The number of carbonyl (C=O) groups is 1. The third-order valence-electron chi connectivity index (χ3n) is 2.57. The first-order valence-electron chi connectivity index (χ1n) is 5.92. The lowest BCUT2D eigenvalue weighted by molar-refractivity contribution is 0.0315. The Labute approximate surface area is 110 Å². The van der Waals surface area contributed by atoms with E-state index in [1.165, 1.54) is 4.90 Å². The van der Waals surface area contributed by atoms with E-state index in [2.05, 4.69) is 0 Å². The van der Waals surface area contributed by atoms with Crippen LogP contribution >= 0.6 is 0 Å². The average molecular weight is 272 g/mol. The van der Waals surface area contributed by atoms with Crippen molar-refractivity contribution in [1.29, 1.82) is 0 Å². The molecular weight excluding hydrogens is 254 g/mol. The van der Waals surface area contributed by atoms with Gasteiger partial charge >= 0.3 is 0 Å². The van der Waals surface area contributed by atoms with E-state index < -0.39 is 23.1 Å². The fourth-order valence-corrected chi connectivity index (χ4v) is 1.71. The second-order valence-corrected chi connectivity index (χ2v) is 4.99. The van der Waals surface area contributed by atoms with Gasteiger partial charge in [0.25, 0.3) is 5.91 Å². The molecule has 6 heteroatoms. The van der Waals surface area contributed by atoms with Crippen LogP contribution in [0.4, 0.5) is 14.5 Å². The van der Waals surface area contributed by atoms with Crippen molar-refractivity contribution in [3.63, 3.8) is 0 Å². The van der Waals surface area contributed by atoms with Gasteiger partial charge in [0.2, 0.25) is 0 Å². The number of likely N-dealkylation sites (N-methyl/N-ethyl adjacent to an activating group) is 1. The summed E-state index contributed by atoms with van der Waals surface area (Å²) in [6.45, 7) is 5.22. The molecule has 0 bridgehead atoms. The van der Waals surface area contributed by atoms with E-state index in [1.54, 1.807) is 20.8 Å². The minimum Gasteiger partial charge on any atom is -0.398 e. The highest BCUT2D eigenvalue weighted by molar-refractivity contribution is 5.99. The monoisotopic (exact) mass is 272 g/mol. The second-order valence-electron chi connectivity index (χ2n) is 4.99. The maximum atomic E-state index is 13.2. The Morgan fingerprint density at radius 2 is 1.89 bits per heavy atom. The van der Waals surface area contributed by atoms with E-state index >= 15 is 0 Å². The average Bonchev–Trinajstić information content (AvgIpc) is 2.28. The summed E-state index contributed by atoms with van der Waals surface area (Å²) in [5, 5.41) is 9.72. The summed E-state index contributed by atoms with van der Waals surface area (Å²) in [5.41, 5.74) is 4.21. The maximum absolute atomic E-state index is 13.2. The normalized spacial score (nSPS) is 11.5. The summed E-state index contributed by atoms with van der Waals surface area (Å²) in [6, 6.07) is 1.56. The Balaban J connectivity index is 3.08. The number of anilines is 1. The van der Waals surface area contributed by atoms with Gasteiger partial charge in [-0.15, -0.1) is 0 Å². The Bertz CT molecular complexity index is 484. The molecule has 0 aliphatic heterocycles. The van der Waals surface area contributed by atoms with Crippen LogP contribution in [-0.2, 0) is 0 Å². The largest absolute Gasteiger partial charge is 0.398 e. The van der Waals surface area contributed by atoms with Crippen LogP contribution in [0.15, 0.2) is 12.1 Å². The van der Waals surface area contributed by atoms with Crippen molar-refractivity contribution in [3.05, 3.63) is 29.3 Å². The first kappa shape index (κ1) is 15.4. The summed E-state index contributed by atoms with van der Waals surface area (Å²) < 4.78 is 26.1. The van der Waals surface area contributed by atoms with Crippen molar-refractivity contribution in [2.75, 3.05) is 18.8 Å². The Hall–Kier alpha value is -1.69. The number of rotatable bonds is 4. The molecule has 4 nitrogen and oxygen atoms in total. The van der Waals surface area contributed by atoms with Crippen LogP contribution in [0.5, 0.6) is 0 Å². The second kappa shape index (κ2) is 5.52. The van der Waals surface area contributed by atoms with Gasteiger partial charge in [0.05, 0.1) is 11.2 Å². The van der Waals surface area contributed by atoms with Gasteiger partial charge in [-0.2, -0.15) is 0 Å². The molecule has 0 saturated carbocycles. The number of halogens is 2. The molecule has 1 rings (SSSR count). The molecule has 19 heavy (non-hydrogen) atoms. The third-order valence-corrected chi connectivity index (χ3v) is 2.57. The predicted octanol–water partition coefficient (Wildman–Crippen LogP) is 1.78. The van der Waals surface area contributed by atoms with Gasteiger partial charge in [-0.25, -0.2) is 8.78 Å². The van der Waals surface area contributed by atoms with Crippen LogP contribution < -0.4 is 5.73 Å². The Morgan fingerprint density at radius 1 is 1.37 bits per heavy atom. The molecule has 1 amide bonds. The van der Waals surface area contributed by atoms with E-state index in [0.29, 0.717) is 6.54 Å². The fraction of sp³-hybridized carbons (Fsp3) is 0.462. The van der Waals surface area contributed by atoms with Gasteiger partial charge < -0.3 is 15.7 Å². The van der Waals surface area contributed by atoms with Crippen molar-refractivity contribution >= 4 is 11.6 Å². The van der Waals surface area contributed by atoms with Crippen molar-refractivity contribution in [1.82, 2.24) is 4.90 Å². The molecule has 0 radical (unpaired) electrons. The number of nitrogen functional groups attached to an aromatic ring is 1. The molecule has 3 N–H and O–H groups in total. The summed E-state index contributed by atoms with van der Waals surface area (Å²) >= 11 is 0. The molecule has 0 heterocycles. The Kier molecular flexibility index (Phi) is 4.47. The zero-order chi connectivity index (χ0) is 14.8. The van der Waals surface area contributed by atoms with Crippen molar-refractivity contribution in [2.45, 2.75) is 26.4 Å². The molecule has 0 saturated heterocycles. The zero-order valence-corrected chi connectivity index (χ0v) is 11.2. The van der Waals surface area contributed by atoms with Crippen molar-refractivity contribution in [2.24, 2.45) is 0 Å². The summed E-state index contributed by atoms with van der Waals surface area (Å²) in [4.78, 5) is 13.5. The van der Waals surface area contributed by atoms with Crippen LogP contribution in [0, 0.1) is 11.6 Å². The molecule has 0 fully saturated rings. The third kappa shape index (κ3) is 3.89. The number of carbonyl (C=O) groups excluding carboxylic acids is 1. The SMILES string of the molecule is CCN(CC(C)(C)O)C(=O)c1cc(F)c(F)cc1N. The molecule has 1 aromatic rings. The molecule has 0 unspecified atom stereocenters. The van der Waals surface area contributed by atoms with E-state index in [0.717, 1.165) is 12.1 Å². The van der Waals surface area contributed by atoms with Gasteiger partial charge in [0.1, 0.15) is 0 Å². The minimum absolute atomic E-state index is 0.0702. The molecule has 1 aromatic carbocycles. The van der Waals surface area contributed by atoms with E-state index in [-0.39, 0.29) is 17.8 Å². The standard InChI is InChI=1S/C13H18F2N2O2/c1-4-17(7-13(2,3)19)12(18)8-5-9(14)10(15)6-11(8)16/h5-6,19H,4,7,16H2,1-3H3. The molecule has 0 aliphatic carbocycles. The topological polar surface area (TPSA) is 66.6 Å². The van der Waals surface area contributed by atoms with Crippen LogP contribution in [0.3, 0.4) is 0 Å². The molecule has 0 spiro atoms. The Morgan fingerprint density at radius 3 is 2.37 bits per heavy atom. The van der Waals surface area contributed by atoms with Crippen molar-refractivity contribution < 1.29 is 18.7 Å². The van der Waals surface area contributed by atoms with E-state index in [1.807, 2.05) is 0 Å². The van der Waals surface area contributed by atoms with Gasteiger partial charge in [-0.3, -0.25) is 4.79 Å². The molecule has 0 atom stereocenters. The summed E-state index contributed by atoms with van der Waals surface area (Å²) in [5.74, 6) is -2.77. The van der Waals surface area contributed by atoms with Crippen molar-refractivity contribution in [3.8, 4) is 0 Å². The number of amides is 1. The highest BCUT2D eigenvalue weighted by atomic mass is 19.2. The van der Waals surface area contributed by atoms with Gasteiger partial charge in [0.15, 0.2) is 11.6 Å². The zero-order valence-electron chi connectivity index (χ0n) is 11.2. The minimum atomic E-state index is -1.13. The lowest BCUT2D eigenvalue weighted by atomic mass is 10.1. The summed E-state index contributed by atoms with van der Waals surface area (Å²) in [7, 11) is 0. The first-order chi connectivity index (χ1) is 8.65. The predicted molar refractivity (Wildman–Crippen MR) is 68.6 cm³/mol. The first-order valence-corrected chi connectivity index (χ1v) is 5.92. The number of aliphatic hydroxyl groups is 1. The lowest BCUT2D eigenvalue weighted by Crippen LogP contribution is -2.42. The summed E-state index contributed by atoms with van der Waals surface area (Å²) in [6.07, 6.45) is 0. The number of benzene rings is 1. The molecule has 0 aliphatic rings. The van der Waals surface area contributed by atoms with Crippen LogP contribution in [-0.4, -0.2) is 34.6 Å². The van der Waals surface area contributed by atoms with Crippen LogP contribution in [0.2, 0.25) is 0 Å². The smallest absolute Gasteiger partial charge is 0.256 e. The van der Waals surface area contributed by atoms with Crippen LogP contribution in [0.1, 0.15) is 31.1 Å². The highest BCUT2D eigenvalue weighted by Gasteiger charge is 2.24. The fourth-order valence-electron chi connectivity index (χ4n) is 1.71. The molecule has 106 valence electrons. The van der Waals surface area contributed by atoms with Crippen LogP contribution in [0.25, 0.3) is 0 Å².